The third kappa shape index (κ3) is 2.97. The number of hydrogen-bond donors (Lipinski definition) is 0. The van der Waals surface area contributed by atoms with Gasteiger partial charge in [0.15, 0.2) is 0 Å². The molecule has 0 nitrogen and oxygen atoms in total. The third-order valence-electron chi connectivity index (χ3n) is 3.09. The maximum Gasteiger partial charge on any atom is 0.0181 e. The molecule has 0 aliphatic rings. The number of aryl methyl sites for hydroxylation is 1. The smallest absolute Gasteiger partial charge is 0.0181 e. The summed E-state index contributed by atoms with van der Waals surface area (Å²) in [6, 6.07) is 13.2. The minimum Gasteiger partial charge on any atom is -0.0587 e. The summed E-state index contributed by atoms with van der Waals surface area (Å²) in [4.78, 5) is 0. The maximum atomic E-state index is 3.60. The van der Waals surface area contributed by atoms with Gasteiger partial charge in [-0.1, -0.05) is 41.9 Å². The molecule has 0 saturated heterocycles. The molecule has 0 atom stereocenters. The fourth-order valence-corrected chi connectivity index (χ4v) is 3.18. The number of benzene rings is 2. The van der Waals surface area contributed by atoms with Crippen LogP contribution in [0.5, 0.6) is 0 Å². The summed E-state index contributed by atoms with van der Waals surface area (Å²) in [5, 5.41) is 0. The van der Waals surface area contributed by atoms with Crippen molar-refractivity contribution in [2.24, 2.45) is 0 Å². The van der Waals surface area contributed by atoms with Gasteiger partial charge in [-0.2, -0.15) is 0 Å². The molecule has 0 aliphatic carbocycles. The van der Waals surface area contributed by atoms with E-state index in [1.54, 1.807) is 0 Å². The Kier molecular flexibility index (Phi) is 4.49. The average Bonchev–Trinajstić information content (AvgIpc) is 2.29. The van der Waals surface area contributed by atoms with Crippen molar-refractivity contribution in [3.05, 3.63) is 55.6 Å². The van der Waals surface area contributed by atoms with E-state index >= 15 is 0 Å². The van der Waals surface area contributed by atoms with Gasteiger partial charge >= 0.3 is 0 Å². The molecule has 0 amide bonds. The minimum atomic E-state index is 0.524. The van der Waals surface area contributed by atoms with Crippen LogP contribution >= 0.6 is 38.5 Å². The van der Waals surface area contributed by atoms with Crippen molar-refractivity contribution in [1.82, 2.24) is 0 Å². The molecule has 0 fully saturated rings. The van der Waals surface area contributed by atoms with Crippen LogP contribution in [0.4, 0.5) is 0 Å². The molecule has 0 heterocycles. The van der Waals surface area contributed by atoms with E-state index in [1.165, 1.54) is 25.8 Å². The van der Waals surface area contributed by atoms with Crippen LogP contribution in [0.1, 0.15) is 30.9 Å². The summed E-state index contributed by atoms with van der Waals surface area (Å²) in [5.74, 6) is 0.524. The average molecular weight is 415 g/mol. The van der Waals surface area contributed by atoms with Crippen LogP contribution in [0.15, 0.2) is 40.9 Å². The van der Waals surface area contributed by atoms with Crippen molar-refractivity contribution in [1.29, 1.82) is 0 Å². The van der Waals surface area contributed by atoms with Gasteiger partial charge in [-0.15, -0.1) is 0 Å². The first-order chi connectivity index (χ1) is 8.49. The zero-order valence-electron chi connectivity index (χ0n) is 10.8. The van der Waals surface area contributed by atoms with Crippen LogP contribution < -0.4 is 0 Å². The molecule has 2 aromatic rings. The lowest BCUT2D eigenvalue weighted by Crippen LogP contribution is -1.96. The van der Waals surface area contributed by atoms with Gasteiger partial charge in [-0.05, 0) is 82.0 Å². The first kappa shape index (κ1) is 14.1. The second-order valence-corrected chi connectivity index (χ2v) is 7.01. The molecule has 0 bridgehead atoms. The fraction of sp³-hybridized carbons (Fsp3) is 0.250. The SMILES string of the molecule is Cc1cc(Br)cc(C(C)C)c1-c1ccc(I)cc1. The molecule has 0 N–H and O–H groups in total. The standard InChI is InChI=1S/C16H16BrI/c1-10(2)15-9-13(17)8-11(3)16(15)12-4-6-14(18)7-5-12/h4-10H,1-3H3. The highest BCUT2D eigenvalue weighted by molar-refractivity contribution is 14.1. The lowest BCUT2D eigenvalue weighted by atomic mass is 9.89. The van der Waals surface area contributed by atoms with Crippen molar-refractivity contribution >= 4 is 38.5 Å². The van der Waals surface area contributed by atoms with E-state index in [4.69, 9.17) is 0 Å². The van der Waals surface area contributed by atoms with Crippen LogP contribution in [-0.2, 0) is 0 Å². The van der Waals surface area contributed by atoms with E-state index in [2.05, 4.69) is 95.7 Å². The van der Waals surface area contributed by atoms with Crippen LogP contribution in [0.25, 0.3) is 11.1 Å². The quantitative estimate of drug-likeness (QED) is 0.516. The third-order valence-corrected chi connectivity index (χ3v) is 4.26. The Bertz CT molecular complexity index is 556. The molecule has 18 heavy (non-hydrogen) atoms. The normalized spacial score (nSPS) is 11.0. The molecule has 0 spiro atoms. The van der Waals surface area contributed by atoms with Crippen molar-refractivity contribution in [2.45, 2.75) is 26.7 Å². The highest BCUT2D eigenvalue weighted by Crippen LogP contribution is 2.34. The molecule has 0 unspecified atom stereocenters. The molecule has 2 aromatic carbocycles. The second kappa shape index (κ2) is 5.74. The highest BCUT2D eigenvalue weighted by Gasteiger charge is 2.12. The second-order valence-electron chi connectivity index (χ2n) is 4.85. The van der Waals surface area contributed by atoms with Gasteiger partial charge < -0.3 is 0 Å². The summed E-state index contributed by atoms with van der Waals surface area (Å²) < 4.78 is 2.44. The molecule has 0 radical (unpaired) electrons. The summed E-state index contributed by atoms with van der Waals surface area (Å²) in [6.45, 7) is 6.68. The summed E-state index contributed by atoms with van der Waals surface area (Å²) in [5.41, 5.74) is 5.42. The lowest BCUT2D eigenvalue weighted by Gasteiger charge is -2.17. The fourth-order valence-electron chi connectivity index (χ4n) is 2.24. The van der Waals surface area contributed by atoms with Crippen LogP contribution in [-0.4, -0.2) is 0 Å². The Labute approximate surface area is 131 Å². The Morgan fingerprint density at radius 1 is 1.06 bits per heavy atom. The lowest BCUT2D eigenvalue weighted by molar-refractivity contribution is 0.866. The van der Waals surface area contributed by atoms with E-state index in [-0.39, 0.29) is 0 Å². The zero-order chi connectivity index (χ0) is 13.3. The Hall–Kier alpha value is -0.350. The Morgan fingerprint density at radius 3 is 2.22 bits per heavy atom. The monoisotopic (exact) mass is 414 g/mol. The van der Waals surface area contributed by atoms with E-state index in [0.717, 1.165) is 4.47 Å². The van der Waals surface area contributed by atoms with Gasteiger partial charge in [-0.25, -0.2) is 0 Å². The molecule has 94 valence electrons. The summed E-state index contributed by atoms with van der Waals surface area (Å²) in [6.07, 6.45) is 0. The van der Waals surface area contributed by atoms with Crippen molar-refractivity contribution in [2.75, 3.05) is 0 Å². The zero-order valence-corrected chi connectivity index (χ0v) is 14.5. The topological polar surface area (TPSA) is 0 Å². The van der Waals surface area contributed by atoms with E-state index in [1.807, 2.05) is 0 Å². The van der Waals surface area contributed by atoms with E-state index in [9.17, 15) is 0 Å². The van der Waals surface area contributed by atoms with Gasteiger partial charge in [0.05, 0.1) is 0 Å². The van der Waals surface area contributed by atoms with Gasteiger partial charge in [0, 0.05) is 8.04 Å². The number of rotatable bonds is 2. The number of hydrogen-bond acceptors (Lipinski definition) is 0. The predicted molar refractivity (Wildman–Crippen MR) is 91.1 cm³/mol. The van der Waals surface area contributed by atoms with Crippen molar-refractivity contribution < 1.29 is 0 Å². The molecule has 0 saturated carbocycles. The van der Waals surface area contributed by atoms with E-state index < -0.39 is 0 Å². The van der Waals surface area contributed by atoms with E-state index in [0.29, 0.717) is 5.92 Å². The number of halogens is 2. The molecule has 2 rings (SSSR count). The molecular formula is C16H16BrI. The molecule has 2 heteroatoms. The summed E-state index contributed by atoms with van der Waals surface area (Å²) in [7, 11) is 0. The van der Waals surface area contributed by atoms with Gasteiger partial charge in [-0.3, -0.25) is 0 Å². The van der Waals surface area contributed by atoms with Gasteiger partial charge in [0.1, 0.15) is 0 Å². The highest BCUT2D eigenvalue weighted by atomic mass is 127. The van der Waals surface area contributed by atoms with Crippen molar-refractivity contribution in [3.8, 4) is 11.1 Å². The maximum absolute atomic E-state index is 3.60. The van der Waals surface area contributed by atoms with Crippen LogP contribution in [0.3, 0.4) is 0 Å². The first-order valence-corrected chi connectivity index (χ1v) is 7.92. The molecule has 0 aromatic heterocycles. The van der Waals surface area contributed by atoms with Crippen molar-refractivity contribution in [3.63, 3.8) is 0 Å². The van der Waals surface area contributed by atoms with Gasteiger partial charge in [0.2, 0.25) is 0 Å². The Balaban J connectivity index is 2.65. The van der Waals surface area contributed by atoms with Crippen LogP contribution in [0.2, 0.25) is 0 Å². The first-order valence-electron chi connectivity index (χ1n) is 6.05. The van der Waals surface area contributed by atoms with Crippen LogP contribution in [0, 0.1) is 10.5 Å². The Morgan fingerprint density at radius 2 is 1.67 bits per heavy atom. The summed E-state index contributed by atoms with van der Waals surface area (Å²) >= 11 is 5.94. The van der Waals surface area contributed by atoms with Gasteiger partial charge in [0.25, 0.3) is 0 Å². The minimum absolute atomic E-state index is 0.524. The molecule has 0 aliphatic heterocycles. The largest absolute Gasteiger partial charge is 0.0587 e. The predicted octanol–water partition coefficient (Wildman–Crippen LogP) is 6.15. The molecular weight excluding hydrogens is 399 g/mol.